The van der Waals surface area contributed by atoms with Crippen LogP contribution in [-0.4, -0.2) is 44.9 Å². The van der Waals surface area contributed by atoms with Gasteiger partial charge in [0.1, 0.15) is 17.5 Å². The summed E-state index contributed by atoms with van der Waals surface area (Å²) < 4.78 is 1.99. The van der Waals surface area contributed by atoms with Crippen LogP contribution in [0, 0.1) is 13.8 Å². The molecule has 7 heteroatoms. The van der Waals surface area contributed by atoms with E-state index in [0.717, 1.165) is 42.5 Å². The molecule has 3 rings (SSSR count). The first-order valence-electron chi connectivity index (χ1n) is 7.21. The summed E-state index contributed by atoms with van der Waals surface area (Å²) in [5, 5.41) is 7.85. The quantitative estimate of drug-likeness (QED) is 0.914. The maximum atomic E-state index is 4.55. The summed E-state index contributed by atoms with van der Waals surface area (Å²) in [5.74, 6) is 3.51. The van der Waals surface area contributed by atoms with Crippen molar-refractivity contribution in [1.29, 1.82) is 0 Å². The maximum Gasteiger partial charge on any atom is 0.225 e. The van der Waals surface area contributed by atoms with Gasteiger partial charge in [-0.15, -0.1) is 0 Å². The molecule has 1 N–H and O–H groups in total. The Morgan fingerprint density at radius 2 is 2.05 bits per heavy atom. The molecule has 7 nitrogen and oxygen atoms in total. The summed E-state index contributed by atoms with van der Waals surface area (Å²) >= 11 is 0. The third-order valence-electron chi connectivity index (χ3n) is 3.60. The standard InChI is InChI=1S/C14H21N7/c1-9-7-13(20(3)4)18-14(15-9)17-11-5-6-12-16-10(2)19-21(12)8-11/h7,11H,5-6,8H2,1-4H3,(H,15,17,18)/t11-/m0/s1. The molecule has 0 spiro atoms. The van der Waals surface area contributed by atoms with E-state index in [9.17, 15) is 0 Å². The molecule has 2 aromatic heterocycles. The Bertz CT molecular complexity index is 647. The first kappa shape index (κ1) is 13.8. The Kier molecular flexibility index (Phi) is 3.48. The second kappa shape index (κ2) is 5.31. The lowest BCUT2D eigenvalue weighted by Gasteiger charge is -2.24. The number of nitrogens with zero attached hydrogens (tertiary/aromatic N) is 6. The van der Waals surface area contributed by atoms with Crippen molar-refractivity contribution in [2.24, 2.45) is 0 Å². The predicted molar refractivity (Wildman–Crippen MR) is 81.6 cm³/mol. The van der Waals surface area contributed by atoms with E-state index in [1.807, 2.05) is 43.6 Å². The number of aryl methyl sites for hydroxylation is 3. The highest BCUT2D eigenvalue weighted by Crippen LogP contribution is 2.18. The van der Waals surface area contributed by atoms with Gasteiger partial charge in [0.15, 0.2) is 0 Å². The molecule has 1 aliphatic heterocycles. The van der Waals surface area contributed by atoms with Gasteiger partial charge in [-0.1, -0.05) is 0 Å². The van der Waals surface area contributed by atoms with Crippen LogP contribution >= 0.6 is 0 Å². The molecular formula is C14H21N7. The molecule has 0 unspecified atom stereocenters. The summed E-state index contributed by atoms with van der Waals surface area (Å²) in [6.45, 7) is 4.73. The van der Waals surface area contributed by atoms with Gasteiger partial charge in [0.05, 0.1) is 6.54 Å². The monoisotopic (exact) mass is 287 g/mol. The zero-order valence-corrected chi connectivity index (χ0v) is 13.0. The molecule has 0 aromatic carbocycles. The average molecular weight is 287 g/mol. The van der Waals surface area contributed by atoms with Crippen molar-refractivity contribution in [3.63, 3.8) is 0 Å². The number of anilines is 2. The normalized spacial score (nSPS) is 17.4. The van der Waals surface area contributed by atoms with Gasteiger partial charge in [0.25, 0.3) is 0 Å². The predicted octanol–water partition coefficient (Wildman–Crippen LogP) is 1.18. The Morgan fingerprint density at radius 1 is 1.24 bits per heavy atom. The maximum absolute atomic E-state index is 4.55. The Labute approximate surface area is 124 Å². The van der Waals surface area contributed by atoms with Gasteiger partial charge in [-0.2, -0.15) is 10.1 Å². The lowest BCUT2D eigenvalue weighted by molar-refractivity contribution is 0.439. The molecule has 0 bridgehead atoms. The van der Waals surface area contributed by atoms with Gasteiger partial charge in [-0.05, 0) is 20.3 Å². The molecule has 0 saturated heterocycles. The van der Waals surface area contributed by atoms with Crippen molar-refractivity contribution in [3.05, 3.63) is 23.4 Å². The van der Waals surface area contributed by atoms with E-state index in [-0.39, 0.29) is 6.04 Å². The summed E-state index contributed by atoms with van der Waals surface area (Å²) in [4.78, 5) is 15.4. The number of hydrogen-bond donors (Lipinski definition) is 1. The first-order chi connectivity index (χ1) is 10.0. The Hall–Kier alpha value is -2.18. The summed E-state index contributed by atoms with van der Waals surface area (Å²) in [7, 11) is 3.97. The fourth-order valence-electron chi connectivity index (χ4n) is 2.58. The van der Waals surface area contributed by atoms with E-state index in [4.69, 9.17) is 0 Å². The summed E-state index contributed by atoms with van der Waals surface area (Å²) in [6, 6.07) is 2.26. The molecule has 2 aromatic rings. The van der Waals surface area contributed by atoms with Gasteiger partial charge >= 0.3 is 0 Å². The zero-order valence-electron chi connectivity index (χ0n) is 13.0. The second-order valence-electron chi connectivity index (χ2n) is 5.72. The van der Waals surface area contributed by atoms with Crippen LogP contribution in [0.25, 0.3) is 0 Å². The van der Waals surface area contributed by atoms with Crippen LogP contribution in [0.15, 0.2) is 6.07 Å². The molecule has 112 valence electrons. The van der Waals surface area contributed by atoms with Gasteiger partial charge in [-0.3, -0.25) is 0 Å². The van der Waals surface area contributed by atoms with E-state index >= 15 is 0 Å². The SMILES string of the molecule is Cc1cc(N(C)C)nc(N[C@H]2CCc3nc(C)nn3C2)n1. The fraction of sp³-hybridized carbons (Fsp3) is 0.571. The Balaban J connectivity index is 1.76. The van der Waals surface area contributed by atoms with Crippen LogP contribution in [0.4, 0.5) is 11.8 Å². The van der Waals surface area contributed by atoms with Crippen LogP contribution in [0.2, 0.25) is 0 Å². The van der Waals surface area contributed by atoms with Gasteiger partial charge in [0.2, 0.25) is 5.95 Å². The minimum absolute atomic E-state index is 0.287. The lowest BCUT2D eigenvalue weighted by atomic mass is 10.1. The fourth-order valence-corrected chi connectivity index (χ4v) is 2.58. The van der Waals surface area contributed by atoms with Crippen LogP contribution < -0.4 is 10.2 Å². The van der Waals surface area contributed by atoms with Crippen LogP contribution in [0.3, 0.4) is 0 Å². The lowest BCUT2D eigenvalue weighted by Crippen LogP contribution is -2.32. The molecule has 0 fully saturated rings. The molecular weight excluding hydrogens is 266 g/mol. The zero-order chi connectivity index (χ0) is 15.0. The average Bonchev–Trinajstić information content (AvgIpc) is 2.77. The van der Waals surface area contributed by atoms with Gasteiger partial charge in [-0.25, -0.2) is 14.6 Å². The molecule has 0 amide bonds. The summed E-state index contributed by atoms with van der Waals surface area (Å²) in [5.41, 5.74) is 0.962. The highest BCUT2D eigenvalue weighted by Gasteiger charge is 2.21. The number of fused-ring (bicyclic) bond motifs is 1. The molecule has 0 aliphatic carbocycles. The van der Waals surface area contributed by atoms with Crippen LogP contribution in [0.1, 0.15) is 23.8 Å². The highest BCUT2D eigenvalue weighted by atomic mass is 15.4. The Morgan fingerprint density at radius 3 is 2.81 bits per heavy atom. The highest BCUT2D eigenvalue weighted by molar-refractivity contribution is 5.43. The van der Waals surface area contributed by atoms with E-state index in [1.54, 1.807) is 0 Å². The largest absolute Gasteiger partial charge is 0.363 e. The van der Waals surface area contributed by atoms with Crippen molar-refractivity contribution in [2.45, 2.75) is 39.3 Å². The number of nitrogens with one attached hydrogen (secondary N) is 1. The van der Waals surface area contributed by atoms with Crippen LogP contribution in [-0.2, 0) is 13.0 Å². The third kappa shape index (κ3) is 2.96. The smallest absolute Gasteiger partial charge is 0.225 e. The second-order valence-corrected chi connectivity index (χ2v) is 5.72. The molecule has 1 atom stereocenters. The van der Waals surface area contributed by atoms with Crippen molar-refractivity contribution < 1.29 is 0 Å². The minimum Gasteiger partial charge on any atom is -0.363 e. The van der Waals surface area contributed by atoms with Crippen molar-refractivity contribution in [1.82, 2.24) is 24.7 Å². The van der Waals surface area contributed by atoms with E-state index in [1.165, 1.54) is 0 Å². The molecule has 3 heterocycles. The first-order valence-corrected chi connectivity index (χ1v) is 7.21. The van der Waals surface area contributed by atoms with Crippen molar-refractivity contribution in [2.75, 3.05) is 24.3 Å². The van der Waals surface area contributed by atoms with E-state index in [0.29, 0.717) is 5.95 Å². The van der Waals surface area contributed by atoms with Gasteiger partial charge < -0.3 is 10.2 Å². The number of hydrogen-bond acceptors (Lipinski definition) is 6. The number of rotatable bonds is 3. The van der Waals surface area contributed by atoms with Crippen molar-refractivity contribution >= 4 is 11.8 Å². The topological polar surface area (TPSA) is 71.8 Å². The van der Waals surface area contributed by atoms with Crippen molar-refractivity contribution in [3.8, 4) is 0 Å². The molecule has 0 radical (unpaired) electrons. The third-order valence-corrected chi connectivity index (χ3v) is 3.60. The van der Waals surface area contributed by atoms with E-state index < -0.39 is 0 Å². The van der Waals surface area contributed by atoms with E-state index in [2.05, 4.69) is 25.4 Å². The minimum atomic E-state index is 0.287. The summed E-state index contributed by atoms with van der Waals surface area (Å²) in [6.07, 6.45) is 1.96. The van der Waals surface area contributed by atoms with Crippen LogP contribution in [0.5, 0.6) is 0 Å². The molecule has 21 heavy (non-hydrogen) atoms. The van der Waals surface area contributed by atoms with Gasteiger partial charge in [0, 0.05) is 38.3 Å². The number of aromatic nitrogens is 5. The molecule has 1 aliphatic rings. The molecule has 0 saturated carbocycles.